The van der Waals surface area contributed by atoms with Gasteiger partial charge in [-0.2, -0.15) is 0 Å². The molecule has 0 radical (unpaired) electrons. The molecule has 1 aromatic carbocycles. The fraction of sp³-hybridized carbons (Fsp3) is 0.500. The third-order valence-corrected chi connectivity index (χ3v) is 7.48. The van der Waals surface area contributed by atoms with Crippen LogP contribution in [-0.2, 0) is 17.3 Å². The zero-order chi connectivity index (χ0) is 22.8. The molecule has 0 spiro atoms. The molecule has 4 rings (SSSR count). The lowest BCUT2D eigenvalue weighted by Gasteiger charge is -2.40. The van der Waals surface area contributed by atoms with Gasteiger partial charge < -0.3 is 10.0 Å². The average molecular weight is 435 g/mol. The molecule has 1 saturated carbocycles. The van der Waals surface area contributed by atoms with Crippen LogP contribution in [0, 0.1) is 5.41 Å². The predicted octanol–water partition coefficient (Wildman–Crippen LogP) is 4.87. The minimum Gasteiger partial charge on any atom is -0.481 e. The Kier molecular flexibility index (Phi) is 6.22. The van der Waals surface area contributed by atoms with Gasteiger partial charge in [0, 0.05) is 20.1 Å². The molecule has 1 aliphatic heterocycles. The van der Waals surface area contributed by atoms with Gasteiger partial charge in [-0.15, -0.1) is 16.8 Å². The first kappa shape index (κ1) is 22.3. The fourth-order valence-corrected chi connectivity index (χ4v) is 5.18. The number of benzene rings is 1. The van der Waals surface area contributed by atoms with Gasteiger partial charge in [0.1, 0.15) is 5.82 Å². The van der Waals surface area contributed by atoms with Crippen LogP contribution in [0.15, 0.2) is 54.6 Å². The Hall–Kier alpha value is -2.89. The number of anilines is 1. The van der Waals surface area contributed by atoms with Gasteiger partial charge in [-0.05, 0) is 57.4 Å². The maximum absolute atomic E-state index is 12.3. The molecule has 0 amide bonds. The van der Waals surface area contributed by atoms with E-state index in [1.165, 1.54) is 5.56 Å². The third kappa shape index (κ3) is 3.87. The van der Waals surface area contributed by atoms with Crippen molar-refractivity contribution in [1.29, 1.82) is 0 Å². The second kappa shape index (κ2) is 8.93. The van der Waals surface area contributed by atoms with Crippen molar-refractivity contribution in [3.63, 3.8) is 0 Å². The molecule has 1 aliphatic carbocycles. The van der Waals surface area contributed by atoms with Crippen molar-refractivity contribution in [3.05, 3.63) is 66.0 Å². The van der Waals surface area contributed by atoms with Crippen molar-refractivity contribution in [2.75, 3.05) is 18.0 Å². The summed E-state index contributed by atoms with van der Waals surface area (Å²) < 4.78 is 2.12. The van der Waals surface area contributed by atoms with E-state index in [0.717, 1.165) is 49.4 Å². The number of aliphatic carboxylic acids is 1. The molecule has 2 aliphatic rings. The summed E-state index contributed by atoms with van der Waals surface area (Å²) in [7, 11) is 2.04. The van der Waals surface area contributed by atoms with Crippen molar-refractivity contribution >= 4 is 11.9 Å². The fourth-order valence-electron chi connectivity index (χ4n) is 5.18. The number of nitrogens with zero attached hydrogens (tertiary/aromatic N) is 4. The van der Waals surface area contributed by atoms with Crippen molar-refractivity contribution in [1.82, 2.24) is 14.8 Å². The van der Waals surface area contributed by atoms with E-state index in [2.05, 4.69) is 56.6 Å². The molecule has 32 heavy (non-hydrogen) atoms. The summed E-state index contributed by atoms with van der Waals surface area (Å²) in [5, 5.41) is 19.3. The van der Waals surface area contributed by atoms with Gasteiger partial charge in [0.2, 0.25) is 5.95 Å². The number of piperidine rings is 1. The van der Waals surface area contributed by atoms with Crippen LogP contribution >= 0.6 is 0 Å². The quantitative estimate of drug-likeness (QED) is 0.450. The van der Waals surface area contributed by atoms with Crippen molar-refractivity contribution in [2.24, 2.45) is 12.5 Å². The van der Waals surface area contributed by atoms with Gasteiger partial charge in [-0.1, -0.05) is 48.1 Å². The lowest BCUT2D eigenvalue weighted by Crippen LogP contribution is -2.46. The molecule has 1 N–H and O–H groups in total. The molecule has 2 heterocycles. The zero-order valence-corrected chi connectivity index (χ0v) is 19.3. The van der Waals surface area contributed by atoms with E-state index in [1.807, 2.05) is 26.1 Å². The molecular formula is C26H34N4O2. The summed E-state index contributed by atoms with van der Waals surface area (Å²) in [6.45, 7) is 7.06. The van der Waals surface area contributed by atoms with Crippen LogP contribution in [0.5, 0.6) is 0 Å². The molecular weight excluding hydrogens is 400 g/mol. The number of carboxylic acid groups (broad SMARTS) is 1. The van der Waals surface area contributed by atoms with Crippen LogP contribution in [-0.4, -0.2) is 38.9 Å². The van der Waals surface area contributed by atoms with Crippen LogP contribution < -0.4 is 4.90 Å². The Balaban J connectivity index is 1.50. The smallest absolute Gasteiger partial charge is 0.313 e. The van der Waals surface area contributed by atoms with E-state index in [-0.39, 0.29) is 5.41 Å². The van der Waals surface area contributed by atoms with Gasteiger partial charge in [0.15, 0.2) is 0 Å². The number of unbranched alkanes of at least 4 members (excludes halogenated alkanes) is 2. The molecule has 170 valence electrons. The molecule has 2 fully saturated rings. The van der Waals surface area contributed by atoms with Gasteiger partial charge in [-0.3, -0.25) is 9.36 Å². The van der Waals surface area contributed by atoms with Crippen molar-refractivity contribution in [3.8, 4) is 0 Å². The number of allylic oxidation sites excluding steroid dienone is 2. The van der Waals surface area contributed by atoms with Crippen LogP contribution in [0.2, 0.25) is 0 Å². The molecule has 0 atom stereocenters. The summed E-state index contributed by atoms with van der Waals surface area (Å²) >= 11 is 0. The summed E-state index contributed by atoms with van der Waals surface area (Å²) in [6.07, 6.45) is 10.2. The van der Waals surface area contributed by atoms with Crippen LogP contribution in [0.4, 0.5) is 5.95 Å². The maximum Gasteiger partial charge on any atom is 0.313 e. The van der Waals surface area contributed by atoms with Crippen molar-refractivity contribution < 1.29 is 9.90 Å². The van der Waals surface area contributed by atoms with E-state index in [4.69, 9.17) is 0 Å². The third-order valence-electron chi connectivity index (χ3n) is 7.48. The number of hydrogen-bond donors (Lipinski definition) is 1. The van der Waals surface area contributed by atoms with E-state index in [9.17, 15) is 9.90 Å². The summed E-state index contributed by atoms with van der Waals surface area (Å²) in [4.78, 5) is 14.5. The number of hydrogen-bond acceptors (Lipinski definition) is 4. The summed E-state index contributed by atoms with van der Waals surface area (Å²) in [5.74, 6) is 1.13. The first-order valence-electron chi connectivity index (χ1n) is 11.7. The molecule has 6 heteroatoms. The van der Waals surface area contributed by atoms with Crippen LogP contribution in [0.25, 0.3) is 0 Å². The molecule has 6 nitrogen and oxygen atoms in total. The Morgan fingerprint density at radius 2 is 1.81 bits per heavy atom. The second-order valence-electron chi connectivity index (χ2n) is 9.31. The van der Waals surface area contributed by atoms with Gasteiger partial charge in [0.05, 0.1) is 10.8 Å². The minimum atomic E-state index is -0.784. The average Bonchev–Trinajstić information content (AvgIpc) is 3.53. The van der Waals surface area contributed by atoms with Gasteiger partial charge in [-0.25, -0.2) is 0 Å². The first-order valence-corrected chi connectivity index (χ1v) is 11.7. The van der Waals surface area contributed by atoms with Gasteiger partial charge in [0.25, 0.3) is 0 Å². The highest BCUT2D eigenvalue weighted by Crippen LogP contribution is 2.53. The van der Waals surface area contributed by atoms with Crippen molar-refractivity contribution in [2.45, 2.75) is 57.3 Å². The highest BCUT2D eigenvalue weighted by Gasteiger charge is 2.50. The van der Waals surface area contributed by atoms with E-state index >= 15 is 0 Å². The first-order chi connectivity index (χ1) is 15.4. The Bertz CT molecular complexity index is 996. The Morgan fingerprint density at radius 3 is 2.41 bits per heavy atom. The summed E-state index contributed by atoms with van der Waals surface area (Å²) in [5.41, 5.74) is 1.46. The monoisotopic (exact) mass is 434 g/mol. The molecule has 1 aromatic heterocycles. The maximum atomic E-state index is 12.3. The normalized spacial score (nSPS) is 19.6. The molecule has 0 unspecified atom stereocenters. The lowest BCUT2D eigenvalue weighted by atomic mass is 9.72. The van der Waals surface area contributed by atoms with E-state index in [1.54, 1.807) is 0 Å². The molecule has 1 saturated heterocycles. The number of aromatic nitrogens is 3. The highest BCUT2D eigenvalue weighted by molar-refractivity contribution is 5.79. The van der Waals surface area contributed by atoms with Crippen LogP contribution in [0.1, 0.15) is 63.3 Å². The Morgan fingerprint density at radius 1 is 1.12 bits per heavy atom. The molecule has 2 aromatic rings. The van der Waals surface area contributed by atoms with E-state index in [0.29, 0.717) is 25.9 Å². The number of rotatable bonds is 9. The summed E-state index contributed by atoms with van der Waals surface area (Å²) in [6, 6.07) is 10.5. The highest BCUT2D eigenvalue weighted by atomic mass is 16.4. The predicted molar refractivity (Wildman–Crippen MR) is 127 cm³/mol. The topological polar surface area (TPSA) is 71.2 Å². The minimum absolute atomic E-state index is 0.0351. The Labute approximate surface area is 190 Å². The standard InChI is InChI=1S/C26H34N4O2/c1-4-5-6-8-11-20(2)25(23(31)32)16-18-30(19-17-25)24-28-27-22(29(24)3)26(14-15-26)21-12-9-7-10-13-21/h4,7,9-13H,1,5-6,8,14-19H2,2-3H3,(H,31,32)/b20-11+. The largest absolute Gasteiger partial charge is 0.481 e. The lowest BCUT2D eigenvalue weighted by molar-refractivity contribution is -0.147. The zero-order valence-electron chi connectivity index (χ0n) is 19.3. The molecule has 0 bridgehead atoms. The van der Waals surface area contributed by atoms with E-state index < -0.39 is 11.4 Å². The SMILES string of the molecule is C=CCCC/C=C(\C)C1(C(=O)O)CCN(c2nnc(C3(c4ccccc4)CC3)n2C)CC1. The van der Waals surface area contributed by atoms with Gasteiger partial charge >= 0.3 is 5.97 Å². The second-order valence-corrected chi connectivity index (χ2v) is 9.31. The van der Waals surface area contributed by atoms with Crippen LogP contribution in [0.3, 0.4) is 0 Å². The number of carboxylic acids is 1. The number of carbonyl (C=O) groups is 1.